The van der Waals surface area contributed by atoms with E-state index >= 15 is 0 Å². The molecule has 0 fully saturated rings. The van der Waals surface area contributed by atoms with E-state index in [-0.39, 0.29) is 12.0 Å². The van der Waals surface area contributed by atoms with Gasteiger partial charge in [-0.15, -0.1) is 0 Å². The van der Waals surface area contributed by atoms with Crippen molar-refractivity contribution in [3.05, 3.63) is 29.3 Å². The van der Waals surface area contributed by atoms with Crippen LogP contribution in [0.2, 0.25) is 5.02 Å². The van der Waals surface area contributed by atoms with Crippen LogP contribution in [0.3, 0.4) is 0 Å². The number of nitrogens with one attached hydrogen (secondary N) is 1. The molecule has 1 N–H and O–H groups in total. The number of hydrogen-bond donors (Lipinski definition) is 1. The molecule has 0 bridgehead atoms. The van der Waals surface area contributed by atoms with E-state index in [4.69, 9.17) is 16.3 Å². The molecule has 3 nitrogen and oxygen atoms in total. The van der Waals surface area contributed by atoms with E-state index in [9.17, 15) is 4.79 Å². The second-order valence-corrected chi connectivity index (χ2v) is 3.51. The van der Waals surface area contributed by atoms with Crippen molar-refractivity contribution in [2.75, 3.05) is 7.05 Å². The molecule has 0 saturated carbocycles. The van der Waals surface area contributed by atoms with Gasteiger partial charge in [0.05, 0.1) is 5.02 Å². The SMILES string of the molecule is CCC(NC)C(=O)Oc1ccccc1Cl. The second kappa shape index (κ2) is 5.73. The Balaban J connectivity index is 2.70. The summed E-state index contributed by atoms with van der Waals surface area (Å²) >= 11 is 5.86. The number of benzene rings is 1. The highest BCUT2D eigenvalue weighted by Crippen LogP contribution is 2.23. The van der Waals surface area contributed by atoms with Gasteiger partial charge in [0.2, 0.25) is 0 Å². The van der Waals surface area contributed by atoms with E-state index in [1.165, 1.54) is 0 Å². The lowest BCUT2D eigenvalue weighted by Gasteiger charge is -2.13. The van der Waals surface area contributed by atoms with Crippen LogP contribution in [0.25, 0.3) is 0 Å². The zero-order valence-electron chi connectivity index (χ0n) is 8.79. The van der Waals surface area contributed by atoms with Crippen LogP contribution in [0, 0.1) is 0 Å². The van der Waals surface area contributed by atoms with Crippen LogP contribution in [0.4, 0.5) is 0 Å². The number of hydrogen-bond acceptors (Lipinski definition) is 3. The number of esters is 1. The van der Waals surface area contributed by atoms with Crippen molar-refractivity contribution in [1.82, 2.24) is 5.32 Å². The molecule has 1 atom stereocenters. The smallest absolute Gasteiger partial charge is 0.328 e. The van der Waals surface area contributed by atoms with Gasteiger partial charge in [0, 0.05) is 0 Å². The normalized spacial score (nSPS) is 12.2. The molecule has 1 aromatic rings. The fourth-order valence-electron chi connectivity index (χ4n) is 1.20. The summed E-state index contributed by atoms with van der Waals surface area (Å²) in [4.78, 5) is 11.6. The Morgan fingerprint density at radius 2 is 2.20 bits per heavy atom. The zero-order valence-corrected chi connectivity index (χ0v) is 9.54. The topological polar surface area (TPSA) is 38.3 Å². The van der Waals surface area contributed by atoms with E-state index in [1.807, 2.05) is 6.92 Å². The Morgan fingerprint density at radius 1 is 1.53 bits per heavy atom. The summed E-state index contributed by atoms with van der Waals surface area (Å²) in [6.07, 6.45) is 0.680. The minimum Gasteiger partial charge on any atom is -0.424 e. The molecular formula is C11H14ClNO2. The summed E-state index contributed by atoms with van der Waals surface area (Å²) in [5, 5.41) is 3.32. The first kappa shape index (κ1) is 12.0. The molecule has 0 spiro atoms. The van der Waals surface area contributed by atoms with Gasteiger partial charge in [-0.25, -0.2) is 4.79 Å². The number of rotatable bonds is 4. The first-order valence-electron chi connectivity index (χ1n) is 4.82. The number of halogens is 1. The van der Waals surface area contributed by atoms with E-state index in [0.717, 1.165) is 0 Å². The maximum Gasteiger partial charge on any atom is 0.328 e. The van der Waals surface area contributed by atoms with Crippen molar-refractivity contribution in [1.29, 1.82) is 0 Å². The largest absolute Gasteiger partial charge is 0.424 e. The Kier molecular flexibility index (Phi) is 4.59. The maximum atomic E-state index is 11.6. The third-order valence-electron chi connectivity index (χ3n) is 2.09. The van der Waals surface area contributed by atoms with Gasteiger partial charge in [-0.3, -0.25) is 0 Å². The molecule has 0 aromatic heterocycles. The van der Waals surface area contributed by atoms with Crippen LogP contribution < -0.4 is 10.1 Å². The molecule has 1 unspecified atom stereocenters. The van der Waals surface area contributed by atoms with E-state index in [2.05, 4.69) is 5.32 Å². The first-order valence-corrected chi connectivity index (χ1v) is 5.20. The van der Waals surface area contributed by atoms with Gasteiger partial charge in [-0.05, 0) is 25.6 Å². The quantitative estimate of drug-likeness (QED) is 0.633. The average Bonchev–Trinajstić information content (AvgIpc) is 2.23. The van der Waals surface area contributed by atoms with Crippen LogP contribution in [-0.2, 0) is 4.79 Å². The maximum absolute atomic E-state index is 11.6. The number of carbonyl (C=O) groups is 1. The van der Waals surface area contributed by atoms with Gasteiger partial charge >= 0.3 is 5.97 Å². The third-order valence-corrected chi connectivity index (χ3v) is 2.40. The molecule has 0 heterocycles. The highest BCUT2D eigenvalue weighted by atomic mass is 35.5. The predicted molar refractivity (Wildman–Crippen MR) is 60.2 cm³/mol. The number of likely N-dealkylation sites (N-methyl/N-ethyl adjacent to an activating group) is 1. The van der Waals surface area contributed by atoms with Crippen molar-refractivity contribution >= 4 is 17.6 Å². The molecule has 0 aliphatic rings. The summed E-state index contributed by atoms with van der Waals surface area (Å²) in [5.41, 5.74) is 0. The summed E-state index contributed by atoms with van der Waals surface area (Å²) < 4.78 is 5.16. The van der Waals surface area contributed by atoms with E-state index in [1.54, 1.807) is 31.3 Å². The number of ether oxygens (including phenoxy) is 1. The molecule has 4 heteroatoms. The van der Waals surface area contributed by atoms with Gasteiger partial charge in [-0.1, -0.05) is 30.7 Å². The third kappa shape index (κ3) is 3.22. The van der Waals surface area contributed by atoms with Crippen molar-refractivity contribution in [3.63, 3.8) is 0 Å². The molecule has 1 rings (SSSR count). The molecule has 15 heavy (non-hydrogen) atoms. The Morgan fingerprint density at radius 3 is 2.73 bits per heavy atom. The number of para-hydroxylation sites is 1. The molecule has 0 saturated heterocycles. The second-order valence-electron chi connectivity index (χ2n) is 3.10. The molecule has 0 aliphatic heterocycles. The Hall–Kier alpha value is -1.06. The fourth-order valence-corrected chi connectivity index (χ4v) is 1.37. The van der Waals surface area contributed by atoms with Crippen LogP contribution >= 0.6 is 11.6 Å². The van der Waals surface area contributed by atoms with Gasteiger partial charge in [0.25, 0.3) is 0 Å². The summed E-state index contributed by atoms with van der Waals surface area (Å²) in [6.45, 7) is 1.91. The minimum absolute atomic E-state index is 0.290. The lowest BCUT2D eigenvalue weighted by atomic mass is 10.2. The monoisotopic (exact) mass is 227 g/mol. The van der Waals surface area contributed by atoms with Crippen molar-refractivity contribution < 1.29 is 9.53 Å². The van der Waals surface area contributed by atoms with Gasteiger partial charge in [0.15, 0.2) is 0 Å². The summed E-state index contributed by atoms with van der Waals surface area (Å²) in [5.74, 6) is 0.0889. The van der Waals surface area contributed by atoms with Gasteiger partial charge in [0.1, 0.15) is 11.8 Å². The standard InChI is InChI=1S/C11H14ClNO2/c1-3-9(13-2)11(14)15-10-7-5-4-6-8(10)12/h4-7,9,13H,3H2,1-2H3. The van der Waals surface area contributed by atoms with Crippen LogP contribution in [0.15, 0.2) is 24.3 Å². The Labute approximate surface area is 94.4 Å². The molecular weight excluding hydrogens is 214 g/mol. The highest BCUT2D eigenvalue weighted by Gasteiger charge is 2.17. The molecule has 1 aromatic carbocycles. The molecule has 0 amide bonds. The molecule has 0 radical (unpaired) electrons. The van der Waals surface area contributed by atoms with Crippen molar-refractivity contribution in [2.24, 2.45) is 0 Å². The van der Waals surface area contributed by atoms with E-state index < -0.39 is 0 Å². The van der Waals surface area contributed by atoms with Crippen LogP contribution in [-0.4, -0.2) is 19.1 Å². The van der Waals surface area contributed by atoms with Gasteiger partial charge < -0.3 is 10.1 Å². The average molecular weight is 228 g/mol. The Bertz CT molecular complexity index is 337. The van der Waals surface area contributed by atoms with Gasteiger partial charge in [-0.2, -0.15) is 0 Å². The summed E-state index contributed by atoms with van der Waals surface area (Å²) in [6, 6.07) is 6.62. The van der Waals surface area contributed by atoms with Crippen LogP contribution in [0.5, 0.6) is 5.75 Å². The van der Waals surface area contributed by atoms with Crippen LogP contribution in [0.1, 0.15) is 13.3 Å². The lowest BCUT2D eigenvalue weighted by molar-refractivity contribution is -0.136. The zero-order chi connectivity index (χ0) is 11.3. The lowest BCUT2D eigenvalue weighted by Crippen LogP contribution is -2.36. The fraction of sp³-hybridized carbons (Fsp3) is 0.364. The first-order chi connectivity index (χ1) is 7.19. The minimum atomic E-state index is -0.312. The predicted octanol–water partition coefficient (Wildman–Crippen LogP) is 2.24. The van der Waals surface area contributed by atoms with E-state index in [0.29, 0.717) is 17.2 Å². The molecule has 82 valence electrons. The van der Waals surface area contributed by atoms with Crippen molar-refractivity contribution in [2.45, 2.75) is 19.4 Å². The van der Waals surface area contributed by atoms with Crippen molar-refractivity contribution in [3.8, 4) is 5.75 Å². The number of carbonyl (C=O) groups excluding carboxylic acids is 1. The summed E-state index contributed by atoms with van der Waals surface area (Å²) in [7, 11) is 1.72. The molecule has 0 aliphatic carbocycles. The highest BCUT2D eigenvalue weighted by molar-refractivity contribution is 6.32.